The molecule has 0 aromatic heterocycles. The lowest BCUT2D eigenvalue weighted by atomic mass is 10.2. The van der Waals surface area contributed by atoms with E-state index in [9.17, 15) is 0 Å². The highest BCUT2D eigenvalue weighted by Gasteiger charge is 2.00. The number of nitrogens with two attached hydrogens (primary N) is 4. The van der Waals surface area contributed by atoms with Crippen molar-refractivity contribution in [3.63, 3.8) is 0 Å². The number of halogens is 1. The van der Waals surface area contributed by atoms with Crippen LogP contribution in [0, 0.1) is 0 Å². The van der Waals surface area contributed by atoms with Gasteiger partial charge in [-0.25, -0.2) is 0 Å². The lowest BCUT2D eigenvalue weighted by molar-refractivity contribution is 0.419. The van der Waals surface area contributed by atoms with Gasteiger partial charge in [0.25, 0.3) is 0 Å². The summed E-state index contributed by atoms with van der Waals surface area (Å²) >= 11 is 5.61. The molecule has 19 heavy (non-hydrogen) atoms. The van der Waals surface area contributed by atoms with Gasteiger partial charge in [0.05, 0.1) is 29.2 Å². The Balaban J connectivity index is 0.000000191. The Labute approximate surface area is 117 Å². The van der Waals surface area contributed by atoms with Gasteiger partial charge in [0, 0.05) is 5.69 Å². The summed E-state index contributed by atoms with van der Waals surface area (Å²) in [6.45, 7) is 0. The third-order valence-corrected chi connectivity index (χ3v) is 2.63. The van der Waals surface area contributed by atoms with Crippen LogP contribution in [0.2, 0.25) is 5.02 Å². The number of hydrogen-bond acceptors (Lipinski definition) is 5. The maximum Gasteiger partial charge on any atom is 0.164 e. The van der Waals surface area contributed by atoms with Crippen LogP contribution in [-0.2, 0) is 0 Å². The number of rotatable bonds is 1. The monoisotopic (exact) mass is 280 g/mol. The van der Waals surface area contributed by atoms with E-state index in [2.05, 4.69) is 0 Å². The zero-order valence-electron chi connectivity index (χ0n) is 10.6. The molecule has 0 saturated carbocycles. The molecule has 0 atom stereocenters. The molecule has 0 spiro atoms. The van der Waals surface area contributed by atoms with Crippen LogP contribution in [0.5, 0.6) is 5.75 Å². The van der Waals surface area contributed by atoms with Crippen molar-refractivity contribution < 1.29 is 4.74 Å². The zero-order chi connectivity index (χ0) is 14.4. The Morgan fingerprint density at radius 2 is 1.47 bits per heavy atom. The largest absolute Gasteiger partial charge is 0.492 e. The van der Waals surface area contributed by atoms with Crippen molar-refractivity contribution in [3.8, 4) is 5.75 Å². The number of hydrogen-bond donors (Lipinski definition) is 4. The van der Waals surface area contributed by atoms with Crippen LogP contribution in [0.3, 0.4) is 0 Å². The standard InChI is InChI=1S/C7H10N2O.C6H7ClN2/c1-10-7-5(8)3-2-4-6(7)9;7-5-3-4(8)1-2-6(5)9/h2-4H,8-9H2,1H3;1-3H,8-9H2. The molecular weight excluding hydrogens is 264 g/mol. The van der Waals surface area contributed by atoms with Crippen molar-refractivity contribution in [1.82, 2.24) is 0 Å². The average molecular weight is 281 g/mol. The molecule has 0 amide bonds. The molecule has 2 rings (SSSR count). The van der Waals surface area contributed by atoms with E-state index in [1.54, 1.807) is 43.5 Å². The van der Waals surface area contributed by atoms with Crippen LogP contribution >= 0.6 is 11.6 Å². The van der Waals surface area contributed by atoms with E-state index in [1.807, 2.05) is 0 Å². The van der Waals surface area contributed by atoms with Crippen molar-refractivity contribution in [2.45, 2.75) is 0 Å². The molecular formula is C13H17ClN4O. The number of nitrogen functional groups attached to an aromatic ring is 4. The molecule has 5 nitrogen and oxygen atoms in total. The summed E-state index contributed by atoms with van der Waals surface area (Å²) in [5.41, 5.74) is 24.2. The number of methoxy groups -OCH3 is 1. The molecule has 0 fully saturated rings. The van der Waals surface area contributed by atoms with E-state index in [4.69, 9.17) is 39.3 Å². The highest BCUT2D eigenvalue weighted by Crippen LogP contribution is 2.27. The van der Waals surface area contributed by atoms with Crippen LogP contribution in [0.25, 0.3) is 0 Å². The first-order valence-electron chi connectivity index (χ1n) is 5.44. The summed E-state index contributed by atoms with van der Waals surface area (Å²) in [4.78, 5) is 0. The molecule has 8 N–H and O–H groups in total. The van der Waals surface area contributed by atoms with Crippen molar-refractivity contribution in [2.75, 3.05) is 30.0 Å². The highest BCUT2D eigenvalue weighted by molar-refractivity contribution is 6.33. The molecule has 0 aliphatic rings. The smallest absolute Gasteiger partial charge is 0.164 e. The molecule has 0 aliphatic heterocycles. The van der Waals surface area contributed by atoms with Crippen molar-refractivity contribution in [3.05, 3.63) is 41.4 Å². The van der Waals surface area contributed by atoms with E-state index < -0.39 is 0 Å². The minimum absolute atomic E-state index is 0.509. The van der Waals surface area contributed by atoms with Crippen LogP contribution in [0.4, 0.5) is 22.7 Å². The molecule has 0 unspecified atom stereocenters. The van der Waals surface area contributed by atoms with Gasteiger partial charge in [0.1, 0.15) is 0 Å². The normalized spacial score (nSPS) is 9.37. The molecule has 0 saturated heterocycles. The number of benzene rings is 2. The summed E-state index contributed by atoms with van der Waals surface area (Å²) in [6, 6.07) is 10.3. The predicted octanol–water partition coefficient (Wildman–Crippen LogP) is 2.36. The molecule has 0 radical (unpaired) electrons. The molecule has 0 aliphatic carbocycles. The van der Waals surface area contributed by atoms with Crippen LogP contribution in [0.15, 0.2) is 36.4 Å². The average Bonchev–Trinajstić information content (AvgIpc) is 2.35. The van der Waals surface area contributed by atoms with Gasteiger partial charge < -0.3 is 27.7 Å². The van der Waals surface area contributed by atoms with Crippen molar-refractivity contribution >= 4 is 34.4 Å². The van der Waals surface area contributed by atoms with E-state index in [1.165, 1.54) is 0 Å². The van der Waals surface area contributed by atoms with Gasteiger partial charge in [-0.15, -0.1) is 0 Å². The van der Waals surface area contributed by atoms with Gasteiger partial charge in [-0.1, -0.05) is 17.7 Å². The predicted molar refractivity (Wildman–Crippen MR) is 82.1 cm³/mol. The fourth-order valence-corrected chi connectivity index (χ4v) is 1.54. The molecule has 6 heteroatoms. The van der Waals surface area contributed by atoms with Gasteiger partial charge in [0.2, 0.25) is 0 Å². The first-order valence-corrected chi connectivity index (χ1v) is 5.82. The highest BCUT2D eigenvalue weighted by atomic mass is 35.5. The third kappa shape index (κ3) is 4.15. The van der Waals surface area contributed by atoms with E-state index in [0.717, 1.165) is 0 Å². The minimum atomic E-state index is 0.509. The first-order chi connectivity index (χ1) is 8.95. The van der Waals surface area contributed by atoms with Gasteiger partial charge in [0.15, 0.2) is 5.75 Å². The Morgan fingerprint density at radius 1 is 0.895 bits per heavy atom. The second-order valence-corrected chi connectivity index (χ2v) is 4.16. The fourth-order valence-electron chi connectivity index (χ4n) is 1.35. The quantitative estimate of drug-likeness (QED) is 0.599. The summed E-state index contributed by atoms with van der Waals surface area (Å²) < 4.78 is 4.93. The molecule has 0 heterocycles. The number of ether oxygens (including phenoxy) is 1. The lowest BCUT2D eigenvalue weighted by Gasteiger charge is -2.05. The van der Waals surface area contributed by atoms with Gasteiger partial charge in [-0.05, 0) is 30.3 Å². The number of para-hydroxylation sites is 1. The van der Waals surface area contributed by atoms with Crippen molar-refractivity contribution in [2.24, 2.45) is 0 Å². The van der Waals surface area contributed by atoms with E-state index >= 15 is 0 Å². The Kier molecular flexibility index (Phi) is 5.14. The van der Waals surface area contributed by atoms with Crippen LogP contribution in [-0.4, -0.2) is 7.11 Å². The van der Waals surface area contributed by atoms with Crippen LogP contribution in [0.1, 0.15) is 0 Å². The molecule has 0 bridgehead atoms. The molecule has 2 aromatic rings. The van der Waals surface area contributed by atoms with Gasteiger partial charge >= 0.3 is 0 Å². The summed E-state index contributed by atoms with van der Waals surface area (Å²) in [5, 5.41) is 0.509. The molecule has 2 aromatic carbocycles. The maximum atomic E-state index is 5.61. The molecule has 102 valence electrons. The summed E-state index contributed by atoms with van der Waals surface area (Å²) in [5.74, 6) is 0.558. The lowest BCUT2D eigenvalue weighted by Crippen LogP contribution is -1.96. The Hall–Kier alpha value is -2.27. The third-order valence-electron chi connectivity index (χ3n) is 2.30. The van der Waals surface area contributed by atoms with Gasteiger partial charge in [-0.2, -0.15) is 0 Å². The van der Waals surface area contributed by atoms with E-state index in [0.29, 0.717) is 33.5 Å². The summed E-state index contributed by atoms with van der Waals surface area (Å²) in [7, 11) is 1.54. The van der Waals surface area contributed by atoms with Gasteiger partial charge in [-0.3, -0.25) is 0 Å². The summed E-state index contributed by atoms with van der Waals surface area (Å²) in [6.07, 6.45) is 0. The first kappa shape index (κ1) is 14.8. The van der Waals surface area contributed by atoms with Crippen molar-refractivity contribution in [1.29, 1.82) is 0 Å². The number of anilines is 4. The SMILES string of the molecule is COc1c(N)cccc1N.Nc1ccc(N)c(Cl)c1. The maximum absolute atomic E-state index is 5.61. The Bertz CT molecular complexity index is 540. The second kappa shape index (κ2) is 6.61. The van der Waals surface area contributed by atoms with Crippen LogP contribution < -0.4 is 27.7 Å². The van der Waals surface area contributed by atoms with E-state index in [-0.39, 0.29) is 0 Å². The Morgan fingerprint density at radius 3 is 1.84 bits per heavy atom. The second-order valence-electron chi connectivity index (χ2n) is 3.75. The zero-order valence-corrected chi connectivity index (χ0v) is 11.3. The minimum Gasteiger partial charge on any atom is -0.492 e. The topological polar surface area (TPSA) is 113 Å². The fraction of sp³-hybridized carbons (Fsp3) is 0.0769.